The highest BCUT2D eigenvalue weighted by Gasteiger charge is 2.28. The van der Waals surface area contributed by atoms with Crippen molar-refractivity contribution < 1.29 is 18.7 Å². The van der Waals surface area contributed by atoms with E-state index >= 15 is 0 Å². The molecular weight excluding hydrogens is 354 g/mol. The van der Waals surface area contributed by atoms with Crippen LogP contribution in [0, 0.1) is 11.6 Å². The second kappa shape index (κ2) is 9.73. The minimum atomic E-state index is -0.995. The van der Waals surface area contributed by atoms with Crippen molar-refractivity contribution >= 4 is 16.9 Å². The van der Waals surface area contributed by atoms with Crippen molar-refractivity contribution in [2.45, 2.75) is 28.0 Å². The molecule has 3 aromatic rings. The molecule has 3 aromatic carbocycles. The molecule has 0 N–H and O–H groups in total. The van der Waals surface area contributed by atoms with Crippen molar-refractivity contribution in [3.63, 3.8) is 0 Å². The lowest BCUT2D eigenvalue weighted by Crippen LogP contribution is -2.19. The average Bonchev–Trinajstić information content (AvgIpc) is 2.66. The predicted molar refractivity (Wildman–Crippen MR) is 96.7 cm³/mol. The molecule has 134 valence electrons. The molecule has 0 atom stereocenters. The van der Waals surface area contributed by atoms with Gasteiger partial charge in [0.2, 0.25) is 0 Å². The molecule has 0 fully saturated rings. The summed E-state index contributed by atoms with van der Waals surface area (Å²) in [4.78, 5) is 12.4. The lowest BCUT2D eigenvalue weighted by molar-refractivity contribution is -0.305. The molecule has 0 aliphatic heterocycles. The maximum absolute atomic E-state index is 13.2. The fraction of sp³-hybridized carbons (Fsp3) is 0.0952. The quantitative estimate of drug-likeness (QED) is 0.644. The van der Waals surface area contributed by atoms with Crippen LogP contribution in [0.1, 0.15) is 13.3 Å². The summed E-state index contributed by atoms with van der Waals surface area (Å²) < 4.78 is 26.3. The van der Waals surface area contributed by atoms with Crippen LogP contribution in [0.15, 0.2) is 93.5 Å². The zero-order valence-electron chi connectivity index (χ0n) is 14.2. The van der Waals surface area contributed by atoms with Crippen LogP contribution < -0.4 is 5.11 Å². The van der Waals surface area contributed by atoms with Gasteiger partial charge in [-0.15, -0.1) is 0 Å². The van der Waals surface area contributed by atoms with Gasteiger partial charge in [0.1, 0.15) is 11.6 Å². The second-order valence-corrected chi connectivity index (χ2v) is 7.28. The summed E-state index contributed by atoms with van der Waals surface area (Å²) in [5.74, 6) is -1.51. The molecule has 0 unspecified atom stereocenters. The van der Waals surface area contributed by atoms with Gasteiger partial charge in [0.25, 0.3) is 0 Å². The molecule has 0 aromatic heterocycles. The van der Waals surface area contributed by atoms with Gasteiger partial charge >= 0.3 is 0 Å². The highest BCUT2D eigenvalue weighted by molar-refractivity contribution is 7.97. The van der Waals surface area contributed by atoms with Crippen molar-refractivity contribution in [1.82, 2.24) is 0 Å². The lowest BCUT2D eigenvalue weighted by Gasteiger charge is -2.07. The van der Waals surface area contributed by atoms with Crippen LogP contribution in [-0.2, 0) is 15.7 Å². The molecule has 0 radical (unpaired) electrons. The maximum atomic E-state index is 13.2. The summed E-state index contributed by atoms with van der Waals surface area (Å²) in [5, 5.41) is 9.26. The maximum Gasteiger partial charge on any atom is 0.166 e. The Balaban J connectivity index is 0.000000431. The number of aliphatic carboxylic acids is 1. The second-order valence-electron chi connectivity index (χ2n) is 5.25. The van der Waals surface area contributed by atoms with Crippen molar-refractivity contribution in [1.29, 1.82) is 0 Å². The first-order valence-electron chi connectivity index (χ1n) is 8.01. The SMILES string of the molecule is CCC(=O)[O-].Fc1ccc([S+](c2ccccc2)c2ccc(F)cc2)cc1. The van der Waals surface area contributed by atoms with Gasteiger partial charge in [0.05, 0.1) is 10.9 Å². The van der Waals surface area contributed by atoms with Gasteiger partial charge in [-0.1, -0.05) is 25.1 Å². The summed E-state index contributed by atoms with van der Waals surface area (Å²) in [6, 6.07) is 23.0. The summed E-state index contributed by atoms with van der Waals surface area (Å²) in [7, 11) is -0.365. The molecule has 26 heavy (non-hydrogen) atoms. The highest BCUT2D eigenvalue weighted by Crippen LogP contribution is 2.31. The van der Waals surface area contributed by atoms with Crippen molar-refractivity contribution in [2.24, 2.45) is 0 Å². The van der Waals surface area contributed by atoms with Gasteiger partial charge in [0, 0.05) is 5.97 Å². The zero-order chi connectivity index (χ0) is 18.9. The van der Waals surface area contributed by atoms with Crippen LogP contribution >= 0.6 is 0 Å². The van der Waals surface area contributed by atoms with E-state index in [2.05, 4.69) is 0 Å². The number of carboxylic acids is 1. The van der Waals surface area contributed by atoms with Gasteiger partial charge < -0.3 is 9.90 Å². The monoisotopic (exact) mass is 372 g/mol. The first-order chi connectivity index (χ1) is 12.5. The molecule has 0 heterocycles. The Kier molecular flexibility index (Phi) is 7.36. The Bertz CT molecular complexity index is 773. The number of halogens is 2. The molecule has 0 aliphatic carbocycles. The van der Waals surface area contributed by atoms with E-state index in [1.165, 1.54) is 31.2 Å². The highest BCUT2D eigenvalue weighted by atomic mass is 32.2. The summed E-state index contributed by atoms with van der Waals surface area (Å²) in [6.45, 7) is 1.54. The minimum Gasteiger partial charge on any atom is -0.550 e. The van der Waals surface area contributed by atoms with E-state index in [4.69, 9.17) is 0 Å². The number of rotatable bonds is 4. The molecule has 0 saturated heterocycles. The van der Waals surface area contributed by atoms with E-state index in [1.54, 1.807) is 24.3 Å². The zero-order valence-corrected chi connectivity index (χ0v) is 15.0. The van der Waals surface area contributed by atoms with Gasteiger partial charge in [0.15, 0.2) is 14.7 Å². The van der Waals surface area contributed by atoms with E-state index in [1.807, 2.05) is 30.3 Å². The third-order valence-electron chi connectivity index (χ3n) is 3.37. The molecule has 5 heteroatoms. The fourth-order valence-electron chi connectivity index (χ4n) is 2.11. The number of carbonyl (C=O) groups excluding carboxylic acids is 1. The van der Waals surface area contributed by atoms with Crippen LogP contribution in [0.2, 0.25) is 0 Å². The van der Waals surface area contributed by atoms with E-state index < -0.39 is 5.97 Å². The Hall–Kier alpha value is -2.66. The van der Waals surface area contributed by atoms with Crippen molar-refractivity contribution in [3.05, 3.63) is 90.5 Å². The molecule has 3 rings (SSSR count). The van der Waals surface area contributed by atoms with Gasteiger partial charge in [-0.3, -0.25) is 0 Å². The Morgan fingerprint density at radius 1 is 0.769 bits per heavy atom. The van der Waals surface area contributed by atoms with Crippen molar-refractivity contribution in [3.8, 4) is 0 Å². The molecule has 0 bridgehead atoms. The van der Waals surface area contributed by atoms with E-state index in [-0.39, 0.29) is 29.0 Å². The average molecular weight is 372 g/mol. The number of carbonyl (C=O) groups is 1. The van der Waals surface area contributed by atoms with Crippen LogP contribution in [0.4, 0.5) is 8.78 Å². The first-order valence-corrected chi connectivity index (χ1v) is 9.24. The summed E-state index contributed by atoms with van der Waals surface area (Å²) >= 11 is 0. The Morgan fingerprint density at radius 2 is 1.12 bits per heavy atom. The number of carboxylic acid groups (broad SMARTS) is 1. The molecule has 0 amide bonds. The predicted octanol–water partition coefficient (Wildman–Crippen LogP) is 4.21. The number of hydrogen-bond acceptors (Lipinski definition) is 2. The van der Waals surface area contributed by atoms with Gasteiger partial charge in [-0.05, 0) is 67.1 Å². The Morgan fingerprint density at radius 3 is 1.46 bits per heavy atom. The fourth-order valence-corrected chi connectivity index (χ4v) is 4.17. The Labute approximate surface area is 154 Å². The number of hydrogen-bond donors (Lipinski definition) is 0. The molecule has 0 saturated carbocycles. The summed E-state index contributed by atoms with van der Waals surface area (Å²) in [5.41, 5.74) is 0. The third-order valence-corrected chi connectivity index (χ3v) is 5.60. The van der Waals surface area contributed by atoms with Crippen LogP contribution in [0.25, 0.3) is 0 Å². The number of benzene rings is 3. The van der Waals surface area contributed by atoms with Crippen LogP contribution in [0.3, 0.4) is 0 Å². The molecule has 0 spiro atoms. The van der Waals surface area contributed by atoms with E-state index in [9.17, 15) is 18.7 Å². The molecule has 0 aliphatic rings. The molecule has 2 nitrogen and oxygen atoms in total. The standard InChI is InChI=1S/C18H13F2S.C3H6O2/c19-14-6-10-17(11-7-14)21(16-4-2-1-3-5-16)18-12-8-15(20)9-13-18;1-2-3(4)5/h1-13H;2H2,1H3,(H,4,5)/q+1;/p-1. The first kappa shape index (κ1) is 19.7. The van der Waals surface area contributed by atoms with Crippen molar-refractivity contribution in [2.75, 3.05) is 0 Å². The minimum absolute atomic E-state index is 0.111. The van der Waals surface area contributed by atoms with Crippen LogP contribution in [-0.4, -0.2) is 5.97 Å². The van der Waals surface area contributed by atoms with Gasteiger partial charge in [-0.25, -0.2) is 8.78 Å². The normalized spacial score (nSPS) is 10.2. The lowest BCUT2D eigenvalue weighted by atomic mass is 10.3. The third kappa shape index (κ3) is 5.70. The smallest absolute Gasteiger partial charge is 0.166 e. The largest absolute Gasteiger partial charge is 0.550 e. The van der Waals surface area contributed by atoms with Crippen LogP contribution in [0.5, 0.6) is 0 Å². The van der Waals surface area contributed by atoms with E-state index in [0.29, 0.717) is 0 Å². The van der Waals surface area contributed by atoms with Gasteiger partial charge in [-0.2, -0.15) is 0 Å². The molecular formula is C21H18F2O2S. The van der Waals surface area contributed by atoms with E-state index in [0.717, 1.165) is 14.7 Å². The topological polar surface area (TPSA) is 40.1 Å². The summed E-state index contributed by atoms with van der Waals surface area (Å²) in [6.07, 6.45) is 0.111.